The number of carbonyl (C=O) groups is 2. The van der Waals surface area contributed by atoms with Gasteiger partial charge in [0, 0.05) is 50.3 Å². The summed E-state index contributed by atoms with van der Waals surface area (Å²) in [6.45, 7) is 9.30. The maximum Gasteiger partial charge on any atom is 0.247 e. The first-order chi connectivity index (χ1) is 21.3. The predicted octanol–water partition coefficient (Wildman–Crippen LogP) is 0.0910. The lowest BCUT2D eigenvalue weighted by Gasteiger charge is -2.39. The highest BCUT2D eigenvalue weighted by atomic mass is 19.1. The molecule has 1 aromatic heterocycles. The highest BCUT2D eigenvalue weighted by Crippen LogP contribution is 2.32. The number of nitrogens with zero attached hydrogens (tertiary/aromatic N) is 2. The molecule has 3 heterocycles. The van der Waals surface area contributed by atoms with Crippen LogP contribution in [0.2, 0.25) is 0 Å². The SMILES string of the molecule is CC(C)c1[nH]nc(OC2O[C@H](CO)[C@H](O)[C@H](O)[C@H]2O)c1Cc1ccc(CCCC(=O)NC(C)(C)C(=O)N2CCNCC2)cc1F. The van der Waals surface area contributed by atoms with Gasteiger partial charge in [0.2, 0.25) is 24.0 Å². The minimum atomic E-state index is -1.62. The van der Waals surface area contributed by atoms with Gasteiger partial charge in [0.1, 0.15) is 35.8 Å². The van der Waals surface area contributed by atoms with Crippen molar-refractivity contribution in [1.29, 1.82) is 0 Å². The molecule has 0 spiro atoms. The molecule has 0 saturated carbocycles. The van der Waals surface area contributed by atoms with Crippen LogP contribution in [0.5, 0.6) is 5.88 Å². The van der Waals surface area contributed by atoms with Crippen molar-refractivity contribution in [1.82, 2.24) is 25.7 Å². The lowest BCUT2D eigenvalue weighted by atomic mass is 9.97. The Labute approximate surface area is 262 Å². The zero-order valence-corrected chi connectivity index (χ0v) is 26.3. The summed E-state index contributed by atoms with van der Waals surface area (Å²) in [6, 6.07) is 4.88. The third-order valence-corrected chi connectivity index (χ3v) is 8.26. The normalized spacial score (nSPS) is 24.1. The number of ether oxygens (including phenoxy) is 2. The number of piperazine rings is 1. The average molecular weight is 636 g/mol. The molecule has 5 atom stereocenters. The van der Waals surface area contributed by atoms with Gasteiger partial charge in [-0.1, -0.05) is 26.0 Å². The summed E-state index contributed by atoms with van der Waals surface area (Å²) in [6.07, 6.45) is -6.13. The molecule has 2 aliphatic heterocycles. The first-order valence-electron chi connectivity index (χ1n) is 15.4. The van der Waals surface area contributed by atoms with Gasteiger partial charge in [0.05, 0.1) is 6.61 Å². The smallest absolute Gasteiger partial charge is 0.247 e. The topological polar surface area (TPSA) is 190 Å². The van der Waals surface area contributed by atoms with E-state index in [0.717, 1.165) is 13.1 Å². The number of hydrogen-bond donors (Lipinski definition) is 7. The molecular weight excluding hydrogens is 589 g/mol. The molecule has 0 radical (unpaired) electrons. The minimum absolute atomic E-state index is 0.0368. The summed E-state index contributed by atoms with van der Waals surface area (Å²) in [4.78, 5) is 27.2. The molecule has 13 nitrogen and oxygen atoms in total. The number of aliphatic hydroxyl groups is 4. The number of carbonyl (C=O) groups excluding carboxylic acids is 2. The van der Waals surface area contributed by atoms with Crippen LogP contribution in [-0.2, 0) is 27.2 Å². The van der Waals surface area contributed by atoms with Crippen LogP contribution < -0.4 is 15.4 Å². The summed E-state index contributed by atoms with van der Waals surface area (Å²) >= 11 is 0. The standard InChI is InChI=1S/C31H46FN5O8/c1-17(2)24-20(28(36-35-24)45-29-27(42)26(41)25(40)22(16-38)44-29)15-19-9-8-18(14-21(19)32)6-5-7-23(39)34-31(3,4)30(43)37-12-10-33-11-13-37/h8-9,14,17,22,25-27,29,33,38,40-42H,5-7,10-13,15-16H2,1-4H3,(H,34,39)(H,35,36)/t22-,25+,26+,27-,29?/m1/s1. The second kappa shape index (κ2) is 15.0. The lowest BCUT2D eigenvalue weighted by molar-refractivity contribution is -0.278. The molecule has 45 heavy (non-hydrogen) atoms. The Morgan fingerprint density at radius 1 is 1.18 bits per heavy atom. The third kappa shape index (κ3) is 8.37. The Bertz CT molecular complexity index is 1310. The van der Waals surface area contributed by atoms with E-state index in [2.05, 4.69) is 20.8 Å². The molecule has 1 unspecified atom stereocenters. The number of aryl methyl sites for hydroxylation is 1. The summed E-state index contributed by atoms with van der Waals surface area (Å²) in [7, 11) is 0. The molecule has 4 rings (SSSR count). The molecule has 2 saturated heterocycles. The Hall–Kier alpha value is -3.14. The molecule has 2 aromatic rings. The van der Waals surface area contributed by atoms with Crippen molar-refractivity contribution in [3.05, 3.63) is 46.4 Å². The van der Waals surface area contributed by atoms with Crippen LogP contribution in [-0.4, -0.2) is 116 Å². The number of aromatic nitrogens is 2. The molecule has 0 aliphatic carbocycles. The van der Waals surface area contributed by atoms with Crippen LogP contribution in [0.15, 0.2) is 18.2 Å². The largest absolute Gasteiger partial charge is 0.443 e. The van der Waals surface area contributed by atoms with Gasteiger partial charge in [-0.3, -0.25) is 14.7 Å². The summed E-state index contributed by atoms with van der Waals surface area (Å²) in [5.74, 6) is -0.806. The van der Waals surface area contributed by atoms with Crippen molar-refractivity contribution < 1.29 is 43.9 Å². The zero-order chi connectivity index (χ0) is 32.9. The Morgan fingerprint density at radius 2 is 1.89 bits per heavy atom. The van der Waals surface area contributed by atoms with E-state index < -0.39 is 48.7 Å². The van der Waals surface area contributed by atoms with Gasteiger partial charge in [-0.05, 0) is 49.8 Å². The van der Waals surface area contributed by atoms with Crippen LogP contribution in [0.4, 0.5) is 4.39 Å². The van der Waals surface area contributed by atoms with E-state index in [1.165, 1.54) is 6.07 Å². The number of rotatable bonds is 12. The molecule has 2 amide bonds. The van der Waals surface area contributed by atoms with E-state index in [9.17, 15) is 30.0 Å². The number of nitrogens with one attached hydrogen (secondary N) is 3. The Morgan fingerprint density at radius 3 is 2.53 bits per heavy atom. The van der Waals surface area contributed by atoms with Crippen molar-refractivity contribution in [2.24, 2.45) is 0 Å². The molecule has 14 heteroatoms. The van der Waals surface area contributed by atoms with Crippen molar-refractivity contribution in [3.8, 4) is 5.88 Å². The molecule has 250 valence electrons. The van der Waals surface area contributed by atoms with E-state index in [4.69, 9.17) is 9.47 Å². The monoisotopic (exact) mass is 635 g/mol. The number of benzene rings is 1. The maximum atomic E-state index is 15.3. The predicted molar refractivity (Wildman–Crippen MR) is 161 cm³/mol. The van der Waals surface area contributed by atoms with Gasteiger partial charge in [-0.2, -0.15) is 0 Å². The molecule has 2 fully saturated rings. The van der Waals surface area contributed by atoms with Crippen molar-refractivity contribution in [2.45, 2.75) is 95.5 Å². The summed E-state index contributed by atoms with van der Waals surface area (Å²) < 4.78 is 26.6. The average Bonchev–Trinajstić information content (AvgIpc) is 3.40. The van der Waals surface area contributed by atoms with Gasteiger partial charge in [0.25, 0.3) is 0 Å². The summed E-state index contributed by atoms with van der Waals surface area (Å²) in [5.41, 5.74) is 1.28. The fraction of sp³-hybridized carbons (Fsp3) is 0.645. The van der Waals surface area contributed by atoms with E-state index >= 15 is 4.39 Å². The minimum Gasteiger partial charge on any atom is -0.443 e. The van der Waals surface area contributed by atoms with Crippen LogP contribution in [0, 0.1) is 5.82 Å². The van der Waals surface area contributed by atoms with Crippen molar-refractivity contribution in [2.75, 3.05) is 32.8 Å². The Balaban J connectivity index is 1.36. The molecular formula is C31H46FN5O8. The molecule has 1 aromatic carbocycles. The van der Waals surface area contributed by atoms with Crippen LogP contribution in [0.3, 0.4) is 0 Å². The van der Waals surface area contributed by atoms with Crippen LogP contribution >= 0.6 is 0 Å². The van der Waals surface area contributed by atoms with Gasteiger partial charge in [0.15, 0.2) is 0 Å². The summed E-state index contributed by atoms with van der Waals surface area (Å²) in [5, 5.41) is 53.2. The molecule has 2 aliphatic rings. The highest BCUT2D eigenvalue weighted by molar-refractivity contribution is 5.90. The van der Waals surface area contributed by atoms with Crippen molar-refractivity contribution in [3.63, 3.8) is 0 Å². The number of aromatic amines is 1. The van der Waals surface area contributed by atoms with E-state index in [1.54, 1.807) is 30.9 Å². The maximum absolute atomic E-state index is 15.3. The third-order valence-electron chi connectivity index (χ3n) is 8.26. The van der Waals surface area contributed by atoms with Gasteiger partial charge < -0.3 is 45.4 Å². The Kier molecular flexibility index (Phi) is 11.6. The van der Waals surface area contributed by atoms with E-state index in [0.29, 0.717) is 48.3 Å². The lowest BCUT2D eigenvalue weighted by Crippen LogP contribution is -2.60. The highest BCUT2D eigenvalue weighted by Gasteiger charge is 2.45. The first kappa shape index (κ1) is 34.7. The second-order valence-electron chi connectivity index (χ2n) is 12.6. The van der Waals surface area contributed by atoms with Gasteiger partial charge in [-0.25, -0.2) is 4.39 Å². The van der Waals surface area contributed by atoms with E-state index in [1.807, 2.05) is 13.8 Å². The van der Waals surface area contributed by atoms with E-state index in [-0.39, 0.29) is 36.5 Å². The van der Waals surface area contributed by atoms with Gasteiger partial charge in [-0.15, -0.1) is 5.10 Å². The number of amides is 2. The fourth-order valence-corrected chi connectivity index (χ4v) is 5.64. The molecule has 7 N–H and O–H groups in total. The quantitative estimate of drug-likeness (QED) is 0.168. The fourth-order valence-electron chi connectivity index (χ4n) is 5.64. The van der Waals surface area contributed by atoms with Crippen LogP contribution in [0.1, 0.15) is 68.8 Å². The first-order valence-corrected chi connectivity index (χ1v) is 15.4. The number of halogens is 1. The van der Waals surface area contributed by atoms with Gasteiger partial charge >= 0.3 is 0 Å². The molecule has 0 bridgehead atoms. The van der Waals surface area contributed by atoms with Crippen LogP contribution in [0.25, 0.3) is 0 Å². The number of aliphatic hydroxyl groups excluding tert-OH is 4. The number of H-pyrrole nitrogens is 1. The zero-order valence-electron chi connectivity index (χ0n) is 26.3. The second-order valence-corrected chi connectivity index (χ2v) is 12.6. The van der Waals surface area contributed by atoms with Crippen molar-refractivity contribution >= 4 is 11.8 Å². The number of hydrogen-bond acceptors (Lipinski definition) is 10.